The predicted octanol–water partition coefficient (Wildman–Crippen LogP) is 3.48. The van der Waals surface area contributed by atoms with Crippen molar-refractivity contribution in [2.45, 2.75) is 38.2 Å². The van der Waals surface area contributed by atoms with Gasteiger partial charge in [0.15, 0.2) is 4.87 Å². The first-order valence-corrected chi connectivity index (χ1v) is 5.59. The lowest BCUT2D eigenvalue weighted by atomic mass is 10.0. The second-order valence-corrected chi connectivity index (χ2v) is 5.63. The van der Waals surface area contributed by atoms with Crippen LogP contribution in [0.4, 0.5) is 0 Å². The molecule has 1 unspecified atom stereocenters. The molecule has 0 aliphatic carbocycles. The van der Waals surface area contributed by atoms with Gasteiger partial charge in [-0.2, -0.15) is 0 Å². The minimum absolute atomic E-state index is 0.423. The van der Waals surface area contributed by atoms with Gasteiger partial charge < -0.3 is 4.74 Å². The van der Waals surface area contributed by atoms with Crippen molar-refractivity contribution in [2.75, 3.05) is 0 Å². The number of esters is 1. The number of hydrogen-bond acceptors (Lipinski definition) is 2. The molecule has 16 heavy (non-hydrogen) atoms. The van der Waals surface area contributed by atoms with Gasteiger partial charge in [-0.1, -0.05) is 30.3 Å². The van der Waals surface area contributed by atoms with E-state index in [0.717, 1.165) is 5.56 Å². The highest BCUT2D eigenvalue weighted by Gasteiger charge is 2.36. The first-order valence-electron chi connectivity index (χ1n) is 5.21. The molecule has 0 amide bonds. The molecule has 0 aliphatic rings. The quantitative estimate of drug-likeness (QED) is 0.584. The third-order valence-electron chi connectivity index (χ3n) is 2.10. The molecule has 0 aromatic heterocycles. The number of ether oxygens (including phenoxy) is 1. The van der Waals surface area contributed by atoms with Crippen molar-refractivity contribution in [1.82, 2.24) is 0 Å². The van der Waals surface area contributed by atoms with Crippen LogP contribution < -0.4 is 0 Å². The smallest absolute Gasteiger partial charge is 0.332 e. The van der Waals surface area contributed by atoms with Crippen LogP contribution in [0.5, 0.6) is 0 Å². The van der Waals surface area contributed by atoms with Crippen molar-refractivity contribution in [2.24, 2.45) is 0 Å². The molecule has 1 aromatic rings. The van der Waals surface area contributed by atoms with Crippen LogP contribution in [0.1, 0.15) is 33.3 Å². The number of alkyl halides is 1. The van der Waals surface area contributed by atoms with E-state index >= 15 is 0 Å². The summed E-state index contributed by atoms with van der Waals surface area (Å²) in [5.74, 6) is -0.423. The Bertz CT molecular complexity index is 363. The lowest BCUT2D eigenvalue weighted by molar-refractivity contribution is -0.158. The second kappa shape index (κ2) is 4.46. The van der Waals surface area contributed by atoms with Crippen LogP contribution in [0.25, 0.3) is 0 Å². The molecular weight excluding hydrogens is 224 g/mol. The fraction of sp³-hybridized carbons (Fsp3) is 0.462. The van der Waals surface area contributed by atoms with E-state index in [4.69, 9.17) is 16.3 Å². The zero-order valence-electron chi connectivity index (χ0n) is 10.1. The van der Waals surface area contributed by atoms with Gasteiger partial charge in [-0.3, -0.25) is 0 Å². The molecule has 0 fully saturated rings. The normalized spacial score (nSPS) is 15.3. The molecule has 0 bridgehead atoms. The Morgan fingerprint density at radius 1 is 1.12 bits per heavy atom. The minimum atomic E-state index is -1.13. The lowest BCUT2D eigenvalue weighted by Gasteiger charge is -2.27. The molecule has 1 atom stereocenters. The average molecular weight is 241 g/mol. The summed E-state index contributed by atoms with van der Waals surface area (Å²) in [7, 11) is 0. The summed E-state index contributed by atoms with van der Waals surface area (Å²) < 4.78 is 5.29. The highest BCUT2D eigenvalue weighted by molar-refractivity contribution is 6.33. The molecule has 0 aliphatic heterocycles. The number of carbonyl (C=O) groups excluding carboxylic acids is 1. The third kappa shape index (κ3) is 3.24. The summed E-state index contributed by atoms with van der Waals surface area (Å²) in [6.45, 7) is 7.12. The van der Waals surface area contributed by atoms with Gasteiger partial charge in [-0.15, -0.1) is 11.6 Å². The number of carbonyl (C=O) groups is 1. The molecule has 0 saturated heterocycles. The van der Waals surface area contributed by atoms with Crippen LogP contribution >= 0.6 is 11.6 Å². The van der Waals surface area contributed by atoms with Gasteiger partial charge in [0, 0.05) is 0 Å². The summed E-state index contributed by atoms with van der Waals surface area (Å²) in [6.07, 6.45) is 0. The molecular formula is C13H17ClO2. The van der Waals surface area contributed by atoms with E-state index < -0.39 is 16.4 Å². The van der Waals surface area contributed by atoms with Crippen LogP contribution in [-0.2, 0) is 14.4 Å². The fourth-order valence-electron chi connectivity index (χ4n) is 1.24. The maximum absolute atomic E-state index is 11.9. The van der Waals surface area contributed by atoms with E-state index in [2.05, 4.69) is 0 Å². The first kappa shape index (κ1) is 13.0. The second-order valence-electron chi connectivity index (χ2n) is 4.87. The Hall–Kier alpha value is -1.02. The molecule has 0 radical (unpaired) electrons. The van der Waals surface area contributed by atoms with Gasteiger partial charge in [0.05, 0.1) is 0 Å². The topological polar surface area (TPSA) is 26.3 Å². The van der Waals surface area contributed by atoms with Gasteiger partial charge in [-0.05, 0) is 33.3 Å². The monoisotopic (exact) mass is 240 g/mol. The van der Waals surface area contributed by atoms with E-state index in [9.17, 15) is 4.79 Å². The largest absolute Gasteiger partial charge is 0.458 e. The van der Waals surface area contributed by atoms with Crippen LogP contribution in [0.3, 0.4) is 0 Å². The predicted molar refractivity (Wildman–Crippen MR) is 65.5 cm³/mol. The van der Waals surface area contributed by atoms with Crippen LogP contribution in [-0.4, -0.2) is 11.6 Å². The Kier molecular flexibility index (Phi) is 3.64. The van der Waals surface area contributed by atoms with Crippen LogP contribution in [0, 0.1) is 0 Å². The van der Waals surface area contributed by atoms with E-state index in [1.165, 1.54) is 0 Å². The van der Waals surface area contributed by atoms with Crippen molar-refractivity contribution >= 4 is 17.6 Å². The maximum atomic E-state index is 11.9. The lowest BCUT2D eigenvalue weighted by Crippen LogP contribution is -2.35. The Morgan fingerprint density at radius 2 is 1.62 bits per heavy atom. The van der Waals surface area contributed by atoms with Crippen molar-refractivity contribution in [1.29, 1.82) is 0 Å². The summed E-state index contributed by atoms with van der Waals surface area (Å²) >= 11 is 6.24. The third-order valence-corrected chi connectivity index (χ3v) is 2.47. The van der Waals surface area contributed by atoms with Crippen molar-refractivity contribution in [3.63, 3.8) is 0 Å². The Balaban J connectivity index is 2.90. The standard InChI is InChI=1S/C13H17ClO2/c1-12(2,3)16-11(15)13(4,14)10-8-6-5-7-9-10/h5-9H,1-4H3. The van der Waals surface area contributed by atoms with E-state index in [0.29, 0.717) is 0 Å². The van der Waals surface area contributed by atoms with Crippen molar-refractivity contribution < 1.29 is 9.53 Å². The number of rotatable bonds is 2. The number of benzene rings is 1. The van der Waals surface area contributed by atoms with Gasteiger partial charge in [0.2, 0.25) is 0 Å². The van der Waals surface area contributed by atoms with Gasteiger partial charge in [-0.25, -0.2) is 4.79 Å². The SMILES string of the molecule is CC(C)(C)OC(=O)C(C)(Cl)c1ccccc1. The molecule has 2 nitrogen and oxygen atoms in total. The van der Waals surface area contributed by atoms with E-state index in [1.807, 2.05) is 51.1 Å². The molecule has 1 rings (SSSR count). The Labute approximate surface area is 102 Å². The maximum Gasteiger partial charge on any atom is 0.332 e. The molecule has 1 aromatic carbocycles. The summed E-state index contributed by atoms with van der Waals surface area (Å²) in [5, 5.41) is 0. The van der Waals surface area contributed by atoms with Gasteiger partial charge in [0.25, 0.3) is 0 Å². The summed E-state index contributed by atoms with van der Waals surface area (Å²) in [5.41, 5.74) is 0.216. The Morgan fingerprint density at radius 3 is 2.06 bits per heavy atom. The minimum Gasteiger partial charge on any atom is -0.458 e. The number of hydrogen-bond donors (Lipinski definition) is 0. The van der Waals surface area contributed by atoms with Gasteiger partial charge >= 0.3 is 5.97 Å². The van der Waals surface area contributed by atoms with Crippen molar-refractivity contribution in [3.8, 4) is 0 Å². The highest BCUT2D eigenvalue weighted by atomic mass is 35.5. The zero-order chi connectivity index (χ0) is 12.4. The first-order chi connectivity index (χ1) is 7.23. The van der Waals surface area contributed by atoms with Crippen LogP contribution in [0.15, 0.2) is 30.3 Å². The summed E-state index contributed by atoms with van der Waals surface area (Å²) in [4.78, 5) is 10.8. The molecule has 88 valence electrons. The van der Waals surface area contributed by atoms with Gasteiger partial charge in [0.1, 0.15) is 5.60 Å². The molecule has 0 spiro atoms. The zero-order valence-corrected chi connectivity index (χ0v) is 10.8. The molecule has 0 saturated carbocycles. The molecule has 0 N–H and O–H groups in total. The highest BCUT2D eigenvalue weighted by Crippen LogP contribution is 2.31. The van der Waals surface area contributed by atoms with Crippen molar-refractivity contribution in [3.05, 3.63) is 35.9 Å². The van der Waals surface area contributed by atoms with E-state index in [1.54, 1.807) is 6.92 Å². The van der Waals surface area contributed by atoms with E-state index in [-0.39, 0.29) is 0 Å². The number of halogens is 1. The summed E-state index contributed by atoms with van der Waals surface area (Å²) in [6, 6.07) is 9.21. The fourth-order valence-corrected chi connectivity index (χ4v) is 1.41. The molecule has 0 heterocycles. The van der Waals surface area contributed by atoms with Crippen LogP contribution in [0.2, 0.25) is 0 Å². The average Bonchev–Trinajstić information content (AvgIpc) is 2.16. The molecule has 3 heteroatoms.